The molecule has 0 aliphatic carbocycles. The van der Waals surface area contributed by atoms with Crippen LogP contribution in [-0.2, 0) is 21.3 Å². The monoisotopic (exact) mass is 272 g/mol. The van der Waals surface area contributed by atoms with Crippen LogP contribution in [0, 0.1) is 0 Å². The lowest BCUT2D eigenvalue weighted by Gasteiger charge is -2.07. The van der Waals surface area contributed by atoms with Crippen LogP contribution in [0.1, 0.15) is 12.5 Å². The van der Waals surface area contributed by atoms with Crippen LogP contribution in [0.15, 0.2) is 29.2 Å². The summed E-state index contributed by atoms with van der Waals surface area (Å²) >= 11 is 0. The molecule has 102 valence electrons. The molecule has 0 aliphatic heterocycles. The van der Waals surface area contributed by atoms with E-state index in [4.69, 9.17) is 4.74 Å². The van der Waals surface area contributed by atoms with Gasteiger partial charge in [-0.3, -0.25) is 0 Å². The third-order valence-corrected chi connectivity index (χ3v) is 3.83. The standard InChI is InChI=1S/C12H20N2O3S/c1-3-17-9-8-14-18(15,16)12-6-4-11(5-7-12)10-13-2/h4-7,13-14H,3,8-10H2,1-2H3. The van der Waals surface area contributed by atoms with Gasteiger partial charge in [-0.1, -0.05) is 12.1 Å². The van der Waals surface area contributed by atoms with Gasteiger partial charge in [-0.25, -0.2) is 13.1 Å². The van der Waals surface area contributed by atoms with Gasteiger partial charge in [-0.2, -0.15) is 0 Å². The molecule has 2 N–H and O–H groups in total. The summed E-state index contributed by atoms with van der Waals surface area (Å²) in [6.45, 7) is 3.84. The van der Waals surface area contributed by atoms with Crippen molar-refractivity contribution in [3.8, 4) is 0 Å². The summed E-state index contributed by atoms with van der Waals surface area (Å²) in [7, 11) is -1.58. The van der Waals surface area contributed by atoms with E-state index in [-0.39, 0.29) is 11.4 Å². The van der Waals surface area contributed by atoms with Gasteiger partial charge in [0.15, 0.2) is 0 Å². The number of nitrogens with one attached hydrogen (secondary N) is 2. The van der Waals surface area contributed by atoms with E-state index in [1.54, 1.807) is 24.3 Å². The first-order chi connectivity index (χ1) is 8.60. The molecule has 0 saturated carbocycles. The van der Waals surface area contributed by atoms with Crippen molar-refractivity contribution < 1.29 is 13.2 Å². The second kappa shape index (κ2) is 7.48. The third kappa shape index (κ3) is 4.73. The van der Waals surface area contributed by atoms with Gasteiger partial charge < -0.3 is 10.1 Å². The molecule has 0 radical (unpaired) electrons. The van der Waals surface area contributed by atoms with E-state index in [9.17, 15) is 8.42 Å². The Labute approximate surface area is 109 Å². The zero-order chi connectivity index (χ0) is 13.4. The van der Waals surface area contributed by atoms with Crippen LogP contribution in [0.4, 0.5) is 0 Å². The molecule has 1 aromatic rings. The van der Waals surface area contributed by atoms with Crippen molar-refractivity contribution in [3.63, 3.8) is 0 Å². The predicted octanol–water partition coefficient (Wildman–Crippen LogP) is 0.721. The van der Waals surface area contributed by atoms with Gasteiger partial charge in [-0.15, -0.1) is 0 Å². The highest BCUT2D eigenvalue weighted by molar-refractivity contribution is 7.89. The number of benzene rings is 1. The van der Waals surface area contributed by atoms with E-state index in [1.807, 2.05) is 14.0 Å². The lowest BCUT2D eigenvalue weighted by Crippen LogP contribution is -2.27. The zero-order valence-electron chi connectivity index (χ0n) is 10.8. The summed E-state index contributed by atoms with van der Waals surface area (Å²) in [4.78, 5) is 0.277. The van der Waals surface area contributed by atoms with E-state index in [1.165, 1.54) is 0 Å². The lowest BCUT2D eigenvalue weighted by molar-refractivity contribution is 0.153. The summed E-state index contributed by atoms with van der Waals surface area (Å²) in [5.74, 6) is 0. The van der Waals surface area contributed by atoms with Crippen molar-refractivity contribution in [2.45, 2.75) is 18.4 Å². The minimum Gasteiger partial charge on any atom is -0.380 e. The average molecular weight is 272 g/mol. The first-order valence-corrected chi connectivity index (χ1v) is 7.39. The fourth-order valence-electron chi connectivity index (χ4n) is 1.47. The van der Waals surface area contributed by atoms with Crippen LogP contribution in [0.3, 0.4) is 0 Å². The SMILES string of the molecule is CCOCCNS(=O)(=O)c1ccc(CNC)cc1. The molecule has 0 bridgehead atoms. The third-order valence-electron chi connectivity index (χ3n) is 2.36. The van der Waals surface area contributed by atoms with Crippen molar-refractivity contribution >= 4 is 10.0 Å². The summed E-state index contributed by atoms with van der Waals surface area (Å²) < 4.78 is 31.3. The Bertz CT molecular complexity index is 443. The molecule has 0 aliphatic rings. The van der Waals surface area contributed by atoms with Gasteiger partial charge in [0.1, 0.15) is 0 Å². The predicted molar refractivity (Wildman–Crippen MR) is 70.9 cm³/mol. The second-order valence-electron chi connectivity index (χ2n) is 3.77. The quantitative estimate of drug-likeness (QED) is 0.684. The van der Waals surface area contributed by atoms with E-state index in [0.29, 0.717) is 13.2 Å². The molecule has 0 spiro atoms. The maximum atomic E-state index is 11.9. The topological polar surface area (TPSA) is 67.4 Å². The van der Waals surface area contributed by atoms with Crippen molar-refractivity contribution in [3.05, 3.63) is 29.8 Å². The highest BCUT2D eigenvalue weighted by atomic mass is 32.2. The van der Waals surface area contributed by atoms with Crippen LogP contribution >= 0.6 is 0 Å². The number of sulfonamides is 1. The van der Waals surface area contributed by atoms with E-state index < -0.39 is 10.0 Å². The molecule has 18 heavy (non-hydrogen) atoms. The summed E-state index contributed by atoms with van der Waals surface area (Å²) in [6.07, 6.45) is 0. The van der Waals surface area contributed by atoms with Crippen LogP contribution in [0.5, 0.6) is 0 Å². The highest BCUT2D eigenvalue weighted by Crippen LogP contribution is 2.10. The van der Waals surface area contributed by atoms with Crippen LogP contribution in [0.2, 0.25) is 0 Å². The molecule has 1 rings (SSSR count). The molecule has 6 heteroatoms. The summed E-state index contributed by atoms with van der Waals surface area (Å²) in [5, 5.41) is 3.01. The number of ether oxygens (including phenoxy) is 1. The minimum absolute atomic E-state index is 0.277. The van der Waals surface area contributed by atoms with E-state index in [0.717, 1.165) is 12.1 Å². The first kappa shape index (κ1) is 15.1. The molecule has 0 unspecified atom stereocenters. The van der Waals surface area contributed by atoms with Crippen LogP contribution in [-0.4, -0.2) is 35.2 Å². The van der Waals surface area contributed by atoms with Crippen LogP contribution in [0.25, 0.3) is 0 Å². The van der Waals surface area contributed by atoms with Crippen molar-refractivity contribution in [1.29, 1.82) is 0 Å². The van der Waals surface area contributed by atoms with Gasteiger partial charge >= 0.3 is 0 Å². The van der Waals surface area contributed by atoms with Gasteiger partial charge in [0.25, 0.3) is 0 Å². The molecule has 0 atom stereocenters. The summed E-state index contributed by atoms with van der Waals surface area (Å²) in [6, 6.07) is 6.81. The molecule has 0 amide bonds. The van der Waals surface area contributed by atoms with Crippen molar-refractivity contribution in [1.82, 2.24) is 10.0 Å². The molecular weight excluding hydrogens is 252 g/mol. The Kier molecular flexibility index (Phi) is 6.28. The normalized spacial score (nSPS) is 11.7. The van der Waals surface area contributed by atoms with E-state index in [2.05, 4.69) is 10.0 Å². The second-order valence-corrected chi connectivity index (χ2v) is 5.54. The Hall–Kier alpha value is -0.950. The lowest BCUT2D eigenvalue weighted by atomic mass is 10.2. The Morgan fingerprint density at radius 1 is 1.22 bits per heavy atom. The molecule has 0 aromatic heterocycles. The largest absolute Gasteiger partial charge is 0.380 e. The van der Waals surface area contributed by atoms with Crippen molar-refractivity contribution in [2.75, 3.05) is 26.8 Å². The van der Waals surface area contributed by atoms with Gasteiger partial charge in [-0.05, 0) is 31.7 Å². The Morgan fingerprint density at radius 2 is 1.89 bits per heavy atom. The maximum absolute atomic E-state index is 11.9. The number of hydrogen-bond acceptors (Lipinski definition) is 4. The number of rotatable bonds is 8. The Balaban J connectivity index is 2.61. The highest BCUT2D eigenvalue weighted by Gasteiger charge is 2.12. The minimum atomic E-state index is -3.42. The molecule has 1 aromatic carbocycles. The fourth-order valence-corrected chi connectivity index (χ4v) is 2.48. The van der Waals surface area contributed by atoms with Gasteiger partial charge in [0.2, 0.25) is 10.0 Å². The molecular formula is C12H20N2O3S. The molecule has 5 nitrogen and oxygen atoms in total. The number of hydrogen-bond donors (Lipinski definition) is 2. The average Bonchev–Trinajstić information content (AvgIpc) is 2.36. The summed E-state index contributed by atoms with van der Waals surface area (Å²) in [5.41, 5.74) is 1.05. The molecule has 0 saturated heterocycles. The van der Waals surface area contributed by atoms with Gasteiger partial charge in [0, 0.05) is 19.7 Å². The van der Waals surface area contributed by atoms with Crippen molar-refractivity contribution in [2.24, 2.45) is 0 Å². The van der Waals surface area contributed by atoms with Gasteiger partial charge in [0.05, 0.1) is 11.5 Å². The first-order valence-electron chi connectivity index (χ1n) is 5.91. The smallest absolute Gasteiger partial charge is 0.240 e. The Morgan fingerprint density at radius 3 is 2.44 bits per heavy atom. The molecule has 0 heterocycles. The fraction of sp³-hybridized carbons (Fsp3) is 0.500. The zero-order valence-corrected chi connectivity index (χ0v) is 11.6. The maximum Gasteiger partial charge on any atom is 0.240 e. The van der Waals surface area contributed by atoms with E-state index >= 15 is 0 Å². The molecule has 0 fully saturated rings. The van der Waals surface area contributed by atoms with Crippen LogP contribution < -0.4 is 10.0 Å².